The maximum atomic E-state index is 12.3. The smallest absolute Gasteiger partial charge is 0.253 e. The molecule has 1 N–H and O–H groups in total. The Hall–Kier alpha value is -1.26. The summed E-state index contributed by atoms with van der Waals surface area (Å²) in [5, 5.41) is 2.75. The van der Waals surface area contributed by atoms with E-state index in [0.717, 1.165) is 0 Å². The van der Waals surface area contributed by atoms with Gasteiger partial charge in [-0.15, -0.1) is 23.2 Å². The standard InChI is InChI=1S/C15H18Cl2N2O2/c1-3-19(4-2)14(21)10-6-5-7-11(8-10)18-13(20)12-9-15(12,16)17/h5-8,12H,3-4,9H2,1-2H3,(H,18,20). The highest BCUT2D eigenvalue weighted by atomic mass is 35.5. The van der Waals surface area contributed by atoms with Crippen molar-refractivity contribution in [2.45, 2.75) is 24.6 Å². The van der Waals surface area contributed by atoms with Crippen LogP contribution in [0.25, 0.3) is 0 Å². The zero-order valence-corrected chi connectivity index (χ0v) is 13.5. The van der Waals surface area contributed by atoms with Gasteiger partial charge in [-0.1, -0.05) is 6.07 Å². The molecule has 1 atom stereocenters. The normalized spacial score (nSPS) is 19.0. The molecule has 2 amide bonds. The molecule has 4 nitrogen and oxygen atoms in total. The second kappa shape index (κ2) is 6.24. The average molecular weight is 329 g/mol. The number of carbonyl (C=O) groups excluding carboxylic acids is 2. The minimum atomic E-state index is -0.946. The van der Waals surface area contributed by atoms with Gasteiger partial charge in [0.2, 0.25) is 5.91 Å². The third-order valence-electron chi connectivity index (χ3n) is 3.57. The minimum Gasteiger partial charge on any atom is -0.339 e. The van der Waals surface area contributed by atoms with Crippen molar-refractivity contribution >= 4 is 40.7 Å². The fraction of sp³-hybridized carbons (Fsp3) is 0.467. The topological polar surface area (TPSA) is 49.4 Å². The molecule has 0 saturated heterocycles. The van der Waals surface area contributed by atoms with Crippen molar-refractivity contribution in [3.05, 3.63) is 29.8 Å². The molecule has 0 spiro atoms. The molecule has 1 aromatic carbocycles. The summed E-state index contributed by atoms with van der Waals surface area (Å²) in [5.74, 6) is -0.651. The fourth-order valence-electron chi connectivity index (χ4n) is 2.15. The van der Waals surface area contributed by atoms with E-state index in [-0.39, 0.29) is 17.7 Å². The van der Waals surface area contributed by atoms with Gasteiger partial charge in [0.1, 0.15) is 4.33 Å². The Kier molecular flexibility index (Phi) is 4.79. The first kappa shape index (κ1) is 16.1. The van der Waals surface area contributed by atoms with Gasteiger partial charge >= 0.3 is 0 Å². The first-order valence-corrected chi connectivity index (χ1v) is 7.72. The van der Waals surface area contributed by atoms with E-state index in [1.807, 2.05) is 13.8 Å². The van der Waals surface area contributed by atoms with Gasteiger partial charge in [-0.2, -0.15) is 0 Å². The lowest BCUT2D eigenvalue weighted by Gasteiger charge is -2.19. The lowest BCUT2D eigenvalue weighted by Crippen LogP contribution is -2.30. The number of nitrogens with zero attached hydrogens (tertiary/aromatic N) is 1. The third-order valence-corrected chi connectivity index (χ3v) is 4.41. The van der Waals surface area contributed by atoms with Crippen LogP contribution in [0.15, 0.2) is 24.3 Å². The summed E-state index contributed by atoms with van der Waals surface area (Å²) in [5.41, 5.74) is 1.13. The molecule has 0 aromatic heterocycles. The van der Waals surface area contributed by atoms with Gasteiger partial charge in [0, 0.05) is 24.3 Å². The van der Waals surface area contributed by atoms with Crippen LogP contribution in [0.5, 0.6) is 0 Å². The highest BCUT2D eigenvalue weighted by Crippen LogP contribution is 2.53. The molecule has 0 bridgehead atoms. The Labute approximate surface area is 134 Å². The largest absolute Gasteiger partial charge is 0.339 e. The van der Waals surface area contributed by atoms with E-state index in [1.165, 1.54) is 0 Å². The van der Waals surface area contributed by atoms with Crippen LogP contribution in [-0.4, -0.2) is 34.1 Å². The molecule has 1 unspecified atom stereocenters. The Morgan fingerprint density at radius 2 is 1.95 bits per heavy atom. The van der Waals surface area contributed by atoms with Crippen LogP contribution in [-0.2, 0) is 4.79 Å². The molecule has 1 saturated carbocycles. The zero-order valence-electron chi connectivity index (χ0n) is 12.0. The number of hydrogen-bond acceptors (Lipinski definition) is 2. The highest BCUT2D eigenvalue weighted by molar-refractivity contribution is 6.52. The van der Waals surface area contributed by atoms with E-state index < -0.39 is 4.33 Å². The van der Waals surface area contributed by atoms with Crippen LogP contribution in [0, 0.1) is 5.92 Å². The number of rotatable bonds is 5. The van der Waals surface area contributed by atoms with Crippen molar-refractivity contribution in [2.24, 2.45) is 5.92 Å². The Morgan fingerprint density at radius 1 is 1.33 bits per heavy atom. The molecule has 1 aromatic rings. The van der Waals surface area contributed by atoms with Crippen LogP contribution in [0.2, 0.25) is 0 Å². The molecule has 0 radical (unpaired) electrons. The van der Waals surface area contributed by atoms with E-state index in [9.17, 15) is 9.59 Å². The zero-order chi connectivity index (χ0) is 15.6. The summed E-state index contributed by atoms with van der Waals surface area (Å²) in [6, 6.07) is 6.89. The Bertz CT molecular complexity index is 556. The van der Waals surface area contributed by atoms with Gasteiger partial charge in [-0.25, -0.2) is 0 Å². The lowest BCUT2D eigenvalue weighted by atomic mass is 10.1. The van der Waals surface area contributed by atoms with Crippen LogP contribution in [0.3, 0.4) is 0 Å². The average Bonchev–Trinajstić information content (AvgIpc) is 3.09. The number of halogens is 2. The summed E-state index contributed by atoms with van der Waals surface area (Å²) in [7, 11) is 0. The quantitative estimate of drug-likeness (QED) is 0.843. The third kappa shape index (κ3) is 3.69. The molecule has 1 fully saturated rings. The Balaban J connectivity index is 2.08. The molecule has 1 aliphatic carbocycles. The molecule has 21 heavy (non-hydrogen) atoms. The summed E-state index contributed by atoms with van der Waals surface area (Å²) in [4.78, 5) is 25.9. The highest BCUT2D eigenvalue weighted by Gasteiger charge is 2.56. The van der Waals surface area contributed by atoms with Crippen LogP contribution in [0.1, 0.15) is 30.6 Å². The summed E-state index contributed by atoms with van der Waals surface area (Å²) < 4.78 is -0.946. The van der Waals surface area contributed by atoms with Crippen molar-refractivity contribution in [1.29, 1.82) is 0 Å². The molecular formula is C15H18Cl2N2O2. The predicted molar refractivity (Wildman–Crippen MR) is 84.9 cm³/mol. The second-order valence-electron chi connectivity index (χ2n) is 5.07. The first-order chi connectivity index (χ1) is 9.89. The number of anilines is 1. The van der Waals surface area contributed by atoms with Crippen molar-refractivity contribution in [1.82, 2.24) is 4.90 Å². The van der Waals surface area contributed by atoms with Crippen LogP contribution >= 0.6 is 23.2 Å². The first-order valence-electron chi connectivity index (χ1n) is 6.97. The monoisotopic (exact) mass is 328 g/mol. The van der Waals surface area contributed by atoms with Crippen molar-refractivity contribution < 1.29 is 9.59 Å². The number of hydrogen-bond donors (Lipinski definition) is 1. The minimum absolute atomic E-state index is 0.0495. The molecular weight excluding hydrogens is 311 g/mol. The SMILES string of the molecule is CCN(CC)C(=O)c1cccc(NC(=O)C2CC2(Cl)Cl)c1. The summed E-state index contributed by atoms with van der Waals surface area (Å²) >= 11 is 11.7. The van der Waals surface area contributed by atoms with Crippen LogP contribution in [0.4, 0.5) is 5.69 Å². The van der Waals surface area contributed by atoms with Crippen molar-refractivity contribution in [3.63, 3.8) is 0 Å². The molecule has 6 heteroatoms. The van der Waals surface area contributed by atoms with Crippen LogP contribution < -0.4 is 5.32 Å². The van der Waals surface area contributed by atoms with E-state index in [4.69, 9.17) is 23.2 Å². The van der Waals surface area contributed by atoms with E-state index in [0.29, 0.717) is 30.8 Å². The molecule has 0 aliphatic heterocycles. The van der Waals surface area contributed by atoms with Crippen molar-refractivity contribution in [2.75, 3.05) is 18.4 Å². The van der Waals surface area contributed by atoms with E-state index in [1.54, 1.807) is 29.2 Å². The maximum Gasteiger partial charge on any atom is 0.253 e. The molecule has 1 aliphatic rings. The summed E-state index contributed by atoms with van der Waals surface area (Å²) in [6.45, 7) is 5.16. The molecule has 2 rings (SSSR count). The number of carbonyl (C=O) groups is 2. The number of amides is 2. The predicted octanol–water partition coefficient (Wildman–Crippen LogP) is 3.30. The maximum absolute atomic E-state index is 12.3. The van der Waals surface area contributed by atoms with E-state index >= 15 is 0 Å². The van der Waals surface area contributed by atoms with E-state index in [2.05, 4.69) is 5.32 Å². The van der Waals surface area contributed by atoms with Gasteiger partial charge in [-0.3, -0.25) is 9.59 Å². The summed E-state index contributed by atoms with van der Waals surface area (Å²) in [6.07, 6.45) is 0.458. The van der Waals surface area contributed by atoms with Gasteiger partial charge in [0.15, 0.2) is 0 Å². The molecule has 114 valence electrons. The van der Waals surface area contributed by atoms with Gasteiger partial charge < -0.3 is 10.2 Å². The van der Waals surface area contributed by atoms with Gasteiger partial charge in [0.05, 0.1) is 5.92 Å². The van der Waals surface area contributed by atoms with Crippen molar-refractivity contribution in [3.8, 4) is 0 Å². The second-order valence-corrected chi connectivity index (χ2v) is 6.61. The van der Waals surface area contributed by atoms with Gasteiger partial charge in [0.25, 0.3) is 5.91 Å². The lowest BCUT2D eigenvalue weighted by molar-refractivity contribution is -0.117. The fourth-order valence-corrected chi connectivity index (χ4v) is 2.66. The number of benzene rings is 1. The molecule has 0 heterocycles. The van der Waals surface area contributed by atoms with Gasteiger partial charge in [-0.05, 0) is 38.5 Å². The number of nitrogens with one attached hydrogen (secondary N) is 1. The number of alkyl halides is 2. The Morgan fingerprint density at radius 3 is 2.48 bits per heavy atom.